The quantitative estimate of drug-likeness (QED) is 0.339. The summed E-state index contributed by atoms with van der Waals surface area (Å²) in [5, 5.41) is 11.3. The number of rotatable bonds is 7. The standard InChI is InChI=1S/C7H14N2O3/c8-3-1-4-9-6(2-5-10)7(11)12/h5-6,9H,1-4,8H2,(H,11,12). The number of carbonyl (C=O) groups excluding carboxylic acids is 1. The molecule has 0 bridgehead atoms. The van der Waals surface area contributed by atoms with Crippen LogP contribution in [0.2, 0.25) is 0 Å². The molecule has 0 spiro atoms. The Balaban J connectivity index is 3.63. The number of aldehydes is 1. The van der Waals surface area contributed by atoms with E-state index in [-0.39, 0.29) is 6.42 Å². The molecule has 0 heterocycles. The third-order valence-electron chi connectivity index (χ3n) is 1.40. The van der Waals surface area contributed by atoms with E-state index in [2.05, 4.69) is 5.32 Å². The SMILES string of the molecule is NCCCNC(CC=O)C(=O)O. The Morgan fingerprint density at radius 1 is 1.67 bits per heavy atom. The maximum absolute atomic E-state index is 10.4. The van der Waals surface area contributed by atoms with Crippen molar-refractivity contribution >= 4 is 12.3 Å². The Labute approximate surface area is 70.9 Å². The van der Waals surface area contributed by atoms with Gasteiger partial charge in [0.25, 0.3) is 0 Å². The van der Waals surface area contributed by atoms with Gasteiger partial charge < -0.3 is 21.0 Å². The van der Waals surface area contributed by atoms with E-state index >= 15 is 0 Å². The summed E-state index contributed by atoms with van der Waals surface area (Å²) in [4.78, 5) is 20.5. The fourth-order valence-electron chi connectivity index (χ4n) is 0.746. The van der Waals surface area contributed by atoms with Crippen molar-refractivity contribution in [1.29, 1.82) is 0 Å². The zero-order valence-corrected chi connectivity index (χ0v) is 6.82. The summed E-state index contributed by atoms with van der Waals surface area (Å²) in [5.74, 6) is -1.00. The zero-order chi connectivity index (χ0) is 9.40. The minimum absolute atomic E-state index is 0.0000945. The van der Waals surface area contributed by atoms with Crippen LogP contribution in [0.5, 0.6) is 0 Å². The normalized spacial score (nSPS) is 12.4. The fraction of sp³-hybridized carbons (Fsp3) is 0.714. The van der Waals surface area contributed by atoms with E-state index in [0.717, 1.165) is 0 Å². The van der Waals surface area contributed by atoms with E-state index in [0.29, 0.717) is 25.8 Å². The first-order chi connectivity index (χ1) is 5.72. The molecule has 0 aromatic heterocycles. The maximum atomic E-state index is 10.4. The van der Waals surface area contributed by atoms with E-state index in [9.17, 15) is 9.59 Å². The lowest BCUT2D eigenvalue weighted by molar-refractivity contribution is -0.140. The molecule has 0 aliphatic heterocycles. The van der Waals surface area contributed by atoms with E-state index < -0.39 is 12.0 Å². The van der Waals surface area contributed by atoms with Gasteiger partial charge in [-0.25, -0.2) is 0 Å². The van der Waals surface area contributed by atoms with Crippen molar-refractivity contribution in [3.63, 3.8) is 0 Å². The van der Waals surface area contributed by atoms with Crippen LogP contribution in [0.1, 0.15) is 12.8 Å². The van der Waals surface area contributed by atoms with Crippen molar-refractivity contribution in [3.05, 3.63) is 0 Å². The first kappa shape index (κ1) is 11.1. The Bertz CT molecular complexity index is 150. The minimum Gasteiger partial charge on any atom is -0.480 e. The Hall–Kier alpha value is -0.940. The summed E-state index contributed by atoms with van der Waals surface area (Å²) in [6.07, 6.45) is 1.30. The molecule has 0 saturated heterocycles. The molecule has 0 saturated carbocycles. The molecule has 1 unspecified atom stereocenters. The highest BCUT2D eigenvalue weighted by atomic mass is 16.4. The molecule has 4 N–H and O–H groups in total. The molecule has 0 fully saturated rings. The van der Waals surface area contributed by atoms with Crippen molar-refractivity contribution in [2.24, 2.45) is 5.73 Å². The highest BCUT2D eigenvalue weighted by Crippen LogP contribution is 1.88. The van der Waals surface area contributed by atoms with Gasteiger partial charge in [0.1, 0.15) is 12.3 Å². The van der Waals surface area contributed by atoms with Crippen LogP contribution in [0.3, 0.4) is 0 Å². The van der Waals surface area contributed by atoms with Crippen LogP contribution in [0.15, 0.2) is 0 Å². The predicted octanol–water partition coefficient (Wildman–Crippen LogP) is -1.03. The number of nitrogens with two attached hydrogens (primary N) is 1. The zero-order valence-electron chi connectivity index (χ0n) is 6.82. The summed E-state index contributed by atoms with van der Waals surface area (Å²) in [7, 11) is 0. The monoisotopic (exact) mass is 174 g/mol. The summed E-state index contributed by atoms with van der Waals surface area (Å²) in [5.41, 5.74) is 5.21. The number of nitrogens with one attached hydrogen (secondary N) is 1. The summed E-state index contributed by atoms with van der Waals surface area (Å²) in [6.45, 7) is 1.04. The van der Waals surface area contributed by atoms with Gasteiger partial charge in [-0.05, 0) is 19.5 Å². The lowest BCUT2D eigenvalue weighted by atomic mass is 10.2. The van der Waals surface area contributed by atoms with Crippen LogP contribution < -0.4 is 11.1 Å². The van der Waals surface area contributed by atoms with Gasteiger partial charge in [0.15, 0.2) is 0 Å². The van der Waals surface area contributed by atoms with Gasteiger partial charge in [0.2, 0.25) is 0 Å². The summed E-state index contributed by atoms with van der Waals surface area (Å²) >= 11 is 0. The molecular weight excluding hydrogens is 160 g/mol. The van der Waals surface area contributed by atoms with Crippen molar-refractivity contribution in [3.8, 4) is 0 Å². The summed E-state index contributed by atoms with van der Waals surface area (Å²) < 4.78 is 0. The van der Waals surface area contributed by atoms with E-state index in [1.54, 1.807) is 0 Å². The molecule has 0 rings (SSSR count). The molecule has 70 valence electrons. The van der Waals surface area contributed by atoms with Gasteiger partial charge in [-0.1, -0.05) is 0 Å². The topological polar surface area (TPSA) is 92.4 Å². The second kappa shape index (κ2) is 6.75. The molecule has 0 aliphatic carbocycles. The largest absolute Gasteiger partial charge is 0.480 e. The number of hydrogen-bond donors (Lipinski definition) is 3. The molecule has 0 aliphatic rings. The van der Waals surface area contributed by atoms with Gasteiger partial charge in [-0.2, -0.15) is 0 Å². The Morgan fingerprint density at radius 3 is 2.75 bits per heavy atom. The van der Waals surface area contributed by atoms with Gasteiger partial charge in [0, 0.05) is 6.42 Å². The third kappa shape index (κ3) is 4.81. The first-order valence-corrected chi connectivity index (χ1v) is 3.82. The predicted molar refractivity (Wildman–Crippen MR) is 43.8 cm³/mol. The van der Waals surface area contributed by atoms with Gasteiger partial charge in [-0.15, -0.1) is 0 Å². The number of carbonyl (C=O) groups is 2. The van der Waals surface area contributed by atoms with Crippen LogP contribution in [-0.2, 0) is 9.59 Å². The molecule has 0 amide bonds. The molecule has 0 aromatic carbocycles. The van der Waals surface area contributed by atoms with Crippen molar-refractivity contribution in [2.75, 3.05) is 13.1 Å². The molecule has 12 heavy (non-hydrogen) atoms. The highest BCUT2D eigenvalue weighted by molar-refractivity contribution is 5.76. The van der Waals surface area contributed by atoms with Crippen molar-refractivity contribution in [1.82, 2.24) is 5.32 Å². The Morgan fingerprint density at radius 2 is 2.33 bits per heavy atom. The molecule has 0 aromatic rings. The lowest BCUT2D eigenvalue weighted by Gasteiger charge is -2.10. The summed E-state index contributed by atoms with van der Waals surface area (Å²) in [6, 6.07) is -0.769. The average molecular weight is 174 g/mol. The second-order valence-corrected chi connectivity index (χ2v) is 2.39. The molecule has 1 atom stereocenters. The molecule has 5 nitrogen and oxygen atoms in total. The van der Waals surface area contributed by atoms with Crippen LogP contribution in [0.4, 0.5) is 0 Å². The lowest BCUT2D eigenvalue weighted by Crippen LogP contribution is -2.38. The van der Waals surface area contributed by atoms with E-state index in [4.69, 9.17) is 10.8 Å². The van der Waals surface area contributed by atoms with Crippen molar-refractivity contribution in [2.45, 2.75) is 18.9 Å². The number of carboxylic acids is 1. The molecule has 0 radical (unpaired) electrons. The molecule has 5 heteroatoms. The van der Waals surface area contributed by atoms with E-state index in [1.807, 2.05) is 0 Å². The van der Waals surface area contributed by atoms with Crippen molar-refractivity contribution < 1.29 is 14.7 Å². The first-order valence-electron chi connectivity index (χ1n) is 3.82. The highest BCUT2D eigenvalue weighted by Gasteiger charge is 2.14. The smallest absolute Gasteiger partial charge is 0.321 e. The van der Waals surface area contributed by atoms with Gasteiger partial charge >= 0.3 is 5.97 Å². The number of hydrogen-bond acceptors (Lipinski definition) is 4. The second-order valence-electron chi connectivity index (χ2n) is 2.39. The number of aliphatic carboxylic acids is 1. The maximum Gasteiger partial charge on any atom is 0.321 e. The minimum atomic E-state index is -1.00. The van der Waals surface area contributed by atoms with Crippen LogP contribution >= 0.6 is 0 Å². The van der Waals surface area contributed by atoms with Gasteiger partial charge in [0.05, 0.1) is 0 Å². The van der Waals surface area contributed by atoms with Crippen LogP contribution in [-0.4, -0.2) is 36.5 Å². The van der Waals surface area contributed by atoms with Crippen LogP contribution in [0.25, 0.3) is 0 Å². The van der Waals surface area contributed by atoms with E-state index in [1.165, 1.54) is 0 Å². The Kier molecular flexibility index (Phi) is 6.22. The molecular formula is C7H14N2O3. The van der Waals surface area contributed by atoms with Crippen LogP contribution in [0, 0.1) is 0 Å². The number of carboxylic acid groups (broad SMARTS) is 1. The fourth-order valence-corrected chi connectivity index (χ4v) is 0.746. The third-order valence-corrected chi connectivity index (χ3v) is 1.40. The van der Waals surface area contributed by atoms with Gasteiger partial charge in [-0.3, -0.25) is 4.79 Å². The average Bonchev–Trinajstić information content (AvgIpc) is 2.03.